The third-order valence-electron chi connectivity index (χ3n) is 2.48. The highest BCUT2D eigenvalue weighted by Gasteiger charge is 2.13. The normalized spacial score (nSPS) is 10.4. The minimum Gasteiger partial charge on any atom is -0.478 e. The molecule has 96 valence electrons. The van der Waals surface area contributed by atoms with Crippen LogP contribution >= 0.6 is 0 Å². The monoisotopic (exact) mass is 238 g/mol. The van der Waals surface area contributed by atoms with Crippen LogP contribution in [0.1, 0.15) is 25.8 Å². The second kappa shape index (κ2) is 7.06. The first kappa shape index (κ1) is 13.7. The molecule has 0 unspecified atom stereocenters. The van der Waals surface area contributed by atoms with Gasteiger partial charge in [-0.25, -0.2) is 9.97 Å². The minimum atomic E-state index is 0.613. The van der Waals surface area contributed by atoms with Crippen molar-refractivity contribution in [3.63, 3.8) is 0 Å². The summed E-state index contributed by atoms with van der Waals surface area (Å²) in [6.45, 7) is 9.06. The molecular weight excluding hydrogens is 216 g/mol. The second-order valence-electron chi connectivity index (χ2n) is 3.84. The number of nitrogens with two attached hydrogens (primary N) is 1. The SMILES string of the molecule is CCCN(CCN)c1ncnc(OCC)c1C. The zero-order valence-electron chi connectivity index (χ0n) is 10.9. The van der Waals surface area contributed by atoms with Crippen molar-refractivity contribution in [3.05, 3.63) is 11.9 Å². The molecule has 0 aliphatic rings. The first-order valence-electron chi connectivity index (χ1n) is 6.13. The number of anilines is 1. The summed E-state index contributed by atoms with van der Waals surface area (Å²) < 4.78 is 5.47. The Bertz CT molecular complexity index is 337. The molecule has 0 saturated heterocycles. The van der Waals surface area contributed by atoms with Gasteiger partial charge in [-0.05, 0) is 20.3 Å². The third-order valence-corrected chi connectivity index (χ3v) is 2.48. The summed E-state index contributed by atoms with van der Waals surface area (Å²) in [6.07, 6.45) is 2.61. The predicted octanol–water partition coefficient (Wildman–Crippen LogP) is 1.36. The summed E-state index contributed by atoms with van der Waals surface area (Å²) in [6, 6.07) is 0. The third kappa shape index (κ3) is 3.56. The van der Waals surface area contributed by atoms with Crippen LogP contribution in [-0.4, -0.2) is 36.2 Å². The lowest BCUT2D eigenvalue weighted by atomic mass is 10.3. The Morgan fingerprint density at radius 3 is 2.65 bits per heavy atom. The van der Waals surface area contributed by atoms with Crippen molar-refractivity contribution in [2.75, 3.05) is 31.1 Å². The second-order valence-corrected chi connectivity index (χ2v) is 3.84. The molecular formula is C12H22N4O. The molecule has 0 bridgehead atoms. The van der Waals surface area contributed by atoms with E-state index in [1.165, 1.54) is 0 Å². The highest BCUT2D eigenvalue weighted by Crippen LogP contribution is 2.23. The van der Waals surface area contributed by atoms with E-state index in [0.29, 0.717) is 19.0 Å². The Morgan fingerprint density at radius 2 is 2.06 bits per heavy atom. The highest BCUT2D eigenvalue weighted by atomic mass is 16.5. The molecule has 0 saturated carbocycles. The van der Waals surface area contributed by atoms with Crippen molar-refractivity contribution < 1.29 is 4.74 Å². The van der Waals surface area contributed by atoms with Crippen LogP contribution in [0.2, 0.25) is 0 Å². The lowest BCUT2D eigenvalue weighted by Gasteiger charge is -2.24. The molecule has 0 radical (unpaired) electrons. The summed E-state index contributed by atoms with van der Waals surface area (Å²) in [5.41, 5.74) is 6.61. The van der Waals surface area contributed by atoms with Crippen LogP contribution in [0.15, 0.2) is 6.33 Å². The van der Waals surface area contributed by atoms with Crippen molar-refractivity contribution in [1.29, 1.82) is 0 Å². The molecule has 0 amide bonds. The average molecular weight is 238 g/mol. The van der Waals surface area contributed by atoms with Crippen LogP contribution in [0, 0.1) is 6.92 Å². The first-order chi connectivity index (χ1) is 8.24. The average Bonchev–Trinajstić information content (AvgIpc) is 2.32. The van der Waals surface area contributed by atoms with Gasteiger partial charge >= 0.3 is 0 Å². The summed E-state index contributed by atoms with van der Waals surface area (Å²) in [4.78, 5) is 10.7. The fourth-order valence-corrected chi connectivity index (χ4v) is 1.78. The van der Waals surface area contributed by atoms with Crippen LogP contribution < -0.4 is 15.4 Å². The molecule has 0 atom stereocenters. The maximum Gasteiger partial charge on any atom is 0.221 e. The van der Waals surface area contributed by atoms with Gasteiger partial charge in [0.25, 0.3) is 0 Å². The number of hydrogen-bond acceptors (Lipinski definition) is 5. The van der Waals surface area contributed by atoms with E-state index in [4.69, 9.17) is 10.5 Å². The van der Waals surface area contributed by atoms with Crippen molar-refractivity contribution in [1.82, 2.24) is 9.97 Å². The van der Waals surface area contributed by atoms with Crippen molar-refractivity contribution in [3.8, 4) is 5.88 Å². The van der Waals surface area contributed by atoms with Gasteiger partial charge in [-0.3, -0.25) is 0 Å². The molecule has 17 heavy (non-hydrogen) atoms. The fraction of sp³-hybridized carbons (Fsp3) is 0.667. The van der Waals surface area contributed by atoms with Gasteiger partial charge in [-0.15, -0.1) is 0 Å². The number of rotatable bonds is 7. The summed E-state index contributed by atoms with van der Waals surface area (Å²) >= 11 is 0. The topological polar surface area (TPSA) is 64.3 Å². The number of aromatic nitrogens is 2. The van der Waals surface area contributed by atoms with E-state index in [2.05, 4.69) is 21.8 Å². The lowest BCUT2D eigenvalue weighted by Crippen LogP contribution is -2.31. The Balaban J connectivity index is 2.97. The molecule has 1 aromatic heterocycles. The zero-order valence-corrected chi connectivity index (χ0v) is 10.9. The van der Waals surface area contributed by atoms with E-state index in [0.717, 1.165) is 30.9 Å². The van der Waals surface area contributed by atoms with E-state index in [1.807, 2.05) is 13.8 Å². The van der Waals surface area contributed by atoms with Gasteiger partial charge < -0.3 is 15.4 Å². The number of ether oxygens (including phenoxy) is 1. The van der Waals surface area contributed by atoms with Gasteiger partial charge in [-0.2, -0.15) is 0 Å². The molecule has 2 N–H and O–H groups in total. The molecule has 5 nitrogen and oxygen atoms in total. The van der Waals surface area contributed by atoms with Gasteiger partial charge in [0, 0.05) is 19.6 Å². The largest absolute Gasteiger partial charge is 0.478 e. The van der Waals surface area contributed by atoms with Crippen LogP contribution in [0.25, 0.3) is 0 Å². The Morgan fingerprint density at radius 1 is 1.29 bits per heavy atom. The molecule has 1 aromatic rings. The predicted molar refractivity (Wildman–Crippen MR) is 69.5 cm³/mol. The van der Waals surface area contributed by atoms with Crippen LogP contribution in [0.5, 0.6) is 5.88 Å². The molecule has 0 aliphatic heterocycles. The van der Waals surface area contributed by atoms with Crippen LogP contribution in [0.4, 0.5) is 5.82 Å². The molecule has 0 fully saturated rings. The van der Waals surface area contributed by atoms with Crippen molar-refractivity contribution in [2.45, 2.75) is 27.2 Å². The Kier molecular flexibility index (Phi) is 5.69. The smallest absolute Gasteiger partial charge is 0.221 e. The Labute approximate surface area is 103 Å². The van der Waals surface area contributed by atoms with Crippen LogP contribution in [-0.2, 0) is 0 Å². The van der Waals surface area contributed by atoms with E-state index < -0.39 is 0 Å². The van der Waals surface area contributed by atoms with Gasteiger partial charge in [0.2, 0.25) is 5.88 Å². The highest BCUT2D eigenvalue weighted by molar-refractivity contribution is 5.50. The minimum absolute atomic E-state index is 0.613. The van der Waals surface area contributed by atoms with Gasteiger partial charge in [0.1, 0.15) is 12.1 Å². The first-order valence-corrected chi connectivity index (χ1v) is 6.13. The lowest BCUT2D eigenvalue weighted by molar-refractivity contribution is 0.323. The molecule has 0 aliphatic carbocycles. The Hall–Kier alpha value is -1.36. The summed E-state index contributed by atoms with van der Waals surface area (Å²) in [5, 5.41) is 0. The summed E-state index contributed by atoms with van der Waals surface area (Å²) in [5.74, 6) is 1.59. The van der Waals surface area contributed by atoms with E-state index in [1.54, 1.807) is 6.33 Å². The van der Waals surface area contributed by atoms with E-state index >= 15 is 0 Å². The van der Waals surface area contributed by atoms with Gasteiger partial charge in [0.05, 0.1) is 12.2 Å². The van der Waals surface area contributed by atoms with Crippen molar-refractivity contribution in [2.24, 2.45) is 5.73 Å². The number of hydrogen-bond donors (Lipinski definition) is 1. The van der Waals surface area contributed by atoms with Gasteiger partial charge in [0.15, 0.2) is 0 Å². The molecule has 5 heteroatoms. The van der Waals surface area contributed by atoms with Crippen molar-refractivity contribution >= 4 is 5.82 Å². The molecule has 0 aromatic carbocycles. The fourth-order valence-electron chi connectivity index (χ4n) is 1.78. The quantitative estimate of drug-likeness (QED) is 0.777. The molecule has 1 rings (SSSR count). The molecule has 1 heterocycles. The van der Waals surface area contributed by atoms with Gasteiger partial charge in [-0.1, -0.05) is 6.92 Å². The standard InChI is InChI=1S/C12H22N4O/c1-4-7-16(8-6-13)11-10(3)12(17-5-2)15-9-14-11/h9H,4-8,13H2,1-3H3. The maximum atomic E-state index is 5.63. The van der Waals surface area contributed by atoms with E-state index in [-0.39, 0.29) is 0 Å². The molecule has 0 spiro atoms. The van der Waals surface area contributed by atoms with Crippen LogP contribution in [0.3, 0.4) is 0 Å². The zero-order chi connectivity index (χ0) is 12.7. The maximum absolute atomic E-state index is 5.63. The summed E-state index contributed by atoms with van der Waals surface area (Å²) in [7, 11) is 0. The number of nitrogens with zero attached hydrogens (tertiary/aromatic N) is 3. The van der Waals surface area contributed by atoms with E-state index in [9.17, 15) is 0 Å².